The number of carbonyl (C=O) groups is 3. The highest BCUT2D eigenvalue weighted by Gasteiger charge is 2.85. The van der Waals surface area contributed by atoms with Crippen LogP contribution in [0.2, 0.25) is 0 Å². The van der Waals surface area contributed by atoms with Gasteiger partial charge in [0.15, 0.2) is 0 Å². The second-order valence-electron chi connectivity index (χ2n) is 15.2. The van der Waals surface area contributed by atoms with E-state index < -0.39 is 52.0 Å². The van der Waals surface area contributed by atoms with Crippen molar-refractivity contribution in [2.24, 2.45) is 51.8 Å². The van der Waals surface area contributed by atoms with Crippen molar-refractivity contribution in [3.8, 4) is 0 Å². The van der Waals surface area contributed by atoms with E-state index in [1.165, 1.54) is 13.8 Å². The van der Waals surface area contributed by atoms with Crippen LogP contribution in [0.5, 0.6) is 0 Å². The number of aliphatic hydroxyl groups excluding tert-OH is 2. The minimum atomic E-state index is -1.16. The monoisotopic (exact) mass is 584 g/mol. The first kappa shape index (κ1) is 30.0. The fourth-order valence-corrected chi connectivity index (χ4v) is 11.7. The Morgan fingerprint density at radius 2 is 1.62 bits per heavy atom. The summed E-state index contributed by atoms with van der Waals surface area (Å²) >= 11 is 0. The number of allylic oxidation sites excluding steroid dienone is 1. The first-order valence-electron chi connectivity index (χ1n) is 15.9. The van der Waals surface area contributed by atoms with E-state index >= 15 is 0 Å². The molecule has 13 unspecified atom stereocenters. The van der Waals surface area contributed by atoms with E-state index in [4.69, 9.17) is 9.47 Å². The van der Waals surface area contributed by atoms with Gasteiger partial charge < -0.3 is 29.6 Å². The SMILES string of the molecule is C=C(C)C1CCC(C2CCC3C2=CC2(C=O)C4CCC2(C3O)C(OC(C)=O)C42CCC(C(C)(C)O)C2O)C1OC(C)=O. The minimum absolute atomic E-state index is 0.0493. The van der Waals surface area contributed by atoms with Gasteiger partial charge in [-0.2, -0.15) is 0 Å². The normalized spacial score (nSPS) is 49.0. The molecule has 0 aromatic carbocycles. The number of carbonyl (C=O) groups excluding carboxylic acids is 3. The van der Waals surface area contributed by atoms with E-state index in [-0.39, 0.29) is 41.7 Å². The number of hydrogen-bond donors (Lipinski definition) is 3. The lowest BCUT2D eigenvalue weighted by Crippen LogP contribution is -2.60. The molecule has 2 bridgehead atoms. The van der Waals surface area contributed by atoms with Crippen molar-refractivity contribution >= 4 is 18.2 Å². The van der Waals surface area contributed by atoms with Crippen LogP contribution in [-0.2, 0) is 23.9 Å². The topological polar surface area (TPSA) is 130 Å². The molecule has 8 heteroatoms. The molecule has 0 radical (unpaired) electrons. The highest BCUT2D eigenvalue weighted by molar-refractivity contribution is 5.73. The number of aliphatic hydroxyl groups is 3. The molecule has 1 spiro atoms. The fraction of sp³-hybridized carbons (Fsp3) is 0.794. The molecule has 3 N–H and O–H groups in total. The van der Waals surface area contributed by atoms with Gasteiger partial charge in [-0.3, -0.25) is 9.59 Å². The van der Waals surface area contributed by atoms with Gasteiger partial charge >= 0.3 is 11.9 Å². The number of ether oxygens (including phenoxy) is 2. The zero-order valence-electron chi connectivity index (χ0n) is 25.7. The van der Waals surface area contributed by atoms with E-state index in [2.05, 4.69) is 12.7 Å². The van der Waals surface area contributed by atoms with Gasteiger partial charge in [0.25, 0.3) is 0 Å². The smallest absolute Gasteiger partial charge is 0.302 e. The Bertz CT molecular complexity index is 1220. The van der Waals surface area contributed by atoms with Gasteiger partial charge in [0.1, 0.15) is 18.5 Å². The number of rotatable bonds is 6. The van der Waals surface area contributed by atoms with E-state index in [0.29, 0.717) is 25.7 Å². The van der Waals surface area contributed by atoms with Crippen molar-refractivity contribution in [1.82, 2.24) is 0 Å². The van der Waals surface area contributed by atoms with Crippen molar-refractivity contribution in [2.75, 3.05) is 0 Å². The van der Waals surface area contributed by atoms with Crippen molar-refractivity contribution in [3.63, 3.8) is 0 Å². The molecule has 232 valence electrons. The van der Waals surface area contributed by atoms with Crippen LogP contribution >= 0.6 is 0 Å². The second kappa shape index (κ2) is 9.73. The Morgan fingerprint density at radius 3 is 2.19 bits per heavy atom. The fourth-order valence-electron chi connectivity index (χ4n) is 11.7. The highest BCUT2D eigenvalue weighted by Crippen LogP contribution is 2.81. The Hall–Kier alpha value is -2.03. The van der Waals surface area contributed by atoms with Crippen LogP contribution in [-0.4, -0.2) is 63.6 Å². The molecule has 6 rings (SSSR count). The lowest BCUT2D eigenvalue weighted by molar-refractivity contribution is -0.197. The Balaban J connectivity index is 1.48. The van der Waals surface area contributed by atoms with E-state index in [0.717, 1.165) is 43.1 Å². The maximum atomic E-state index is 13.6. The van der Waals surface area contributed by atoms with Gasteiger partial charge in [0.05, 0.1) is 28.6 Å². The quantitative estimate of drug-likeness (QED) is 0.244. The summed E-state index contributed by atoms with van der Waals surface area (Å²) in [5.74, 6) is -1.62. The van der Waals surface area contributed by atoms with Crippen LogP contribution in [0.1, 0.15) is 86.0 Å². The summed E-state index contributed by atoms with van der Waals surface area (Å²) in [6, 6.07) is 0. The lowest BCUT2D eigenvalue weighted by atomic mass is 9.55. The molecule has 6 aliphatic carbocycles. The largest absolute Gasteiger partial charge is 0.462 e. The summed E-state index contributed by atoms with van der Waals surface area (Å²) in [5, 5.41) is 35.5. The van der Waals surface area contributed by atoms with Crippen LogP contribution in [0.4, 0.5) is 0 Å². The van der Waals surface area contributed by atoms with Gasteiger partial charge in [0, 0.05) is 42.9 Å². The van der Waals surface area contributed by atoms with Crippen molar-refractivity contribution < 1.29 is 39.2 Å². The first-order chi connectivity index (χ1) is 19.7. The van der Waals surface area contributed by atoms with Crippen molar-refractivity contribution in [3.05, 3.63) is 23.8 Å². The predicted molar refractivity (Wildman–Crippen MR) is 154 cm³/mol. The average Bonchev–Trinajstić information content (AvgIpc) is 3.67. The van der Waals surface area contributed by atoms with E-state index in [9.17, 15) is 29.7 Å². The summed E-state index contributed by atoms with van der Waals surface area (Å²) in [5.41, 5.74) is -2.20. The minimum Gasteiger partial charge on any atom is -0.462 e. The maximum Gasteiger partial charge on any atom is 0.302 e. The molecule has 0 aliphatic heterocycles. The molecule has 5 saturated carbocycles. The van der Waals surface area contributed by atoms with Crippen LogP contribution in [0, 0.1) is 51.8 Å². The molecular formula is C34H48O8. The first-order valence-corrected chi connectivity index (χ1v) is 15.9. The highest BCUT2D eigenvalue weighted by atomic mass is 16.6. The Morgan fingerprint density at radius 1 is 0.952 bits per heavy atom. The third-order valence-electron chi connectivity index (χ3n) is 13.1. The third-order valence-corrected chi connectivity index (χ3v) is 13.1. The van der Waals surface area contributed by atoms with Crippen LogP contribution in [0.25, 0.3) is 0 Å². The molecule has 0 aromatic heterocycles. The molecule has 0 saturated heterocycles. The zero-order chi connectivity index (χ0) is 30.6. The molecule has 6 aliphatic rings. The number of fused-ring (bicyclic) bond motifs is 2. The van der Waals surface area contributed by atoms with Gasteiger partial charge in [-0.1, -0.05) is 23.8 Å². The summed E-state index contributed by atoms with van der Waals surface area (Å²) in [6.45, 7) is 12.3. The van der Waals surface area contributed by atoms with Gasteiger partial charge in [-0.15, -0.1) is 0 Å². The summed E-state index contributed by atoms with van der Waals surface area (Å²) in [7, 11) is 0. The summed E-state index contributed by atoms with van der Waals surface area (Å²) in [4.78, 5) is 38.4. The van der Waals surface area contributed by atoms with E-state index in [1.807, 2.05) is 6.92 Å². The van der Waals surface area contributed by atoms with Gasteiger partial charge in [-0.25, -0.2) is 0 Å². The lowest BCUT2D eigenvalue weighted by Gasteiger charge is -2.52. The van der Waals surface area contributed by atoms with Crippen molar-refractivity contribution in [2.45, 2.75) is 116 Å². The van der Waals surface area contributed by atoms with E-state index in [1.54, 1.807) is 13.8 Å². The molecule has 0 amide bonds. The second-order valence-corrected chi connectivity index (χ2v) is 15.2. The van der Waals surface area contributed by atoms with Crippen LogP contribution in [0.15, 0.2) is 23.8 Å². The average molecular weight is 585 g/mol. The van der Waals surface area contributed by atoms with Crippen LogP contribution < -0.4 is 0 Å². The molecule has 0 aromatic rings. The molecule has 13 atom stereocenters. The predicted octanol–water partition coefficient (Wildman–Crippen LogP) is 3.90. The zero-order valence-corrected chi connectivity index (χ0v) is 25.7. The summed E-state index contributed by atoms with van der Waals surface area (Å²) < 4.78 is 12.1. The number of hydrogen-bond acceptors (Lipinski definition) is 8. The maximum absolute atomic E-state index is 13.6. The molecule has 8 nitrogen and oxygen atoms in total. The molecule has 42 heavy (non-hydrogen) atoms. The third kappa shape index (κ3) is 3.67. The van der Waals surface area contributed by atoms with Gasteiger partial charge in [-0.05, 0) is 84.0 Å². The standard InChI is InChI=1S/C34H48O8/c1-17(2)20-7-9-22(27(20)41-18(3)36)21-8-10-23-24(21)15-32(16-35)26-12-14-34(32,28(23)38)30(42-19(4)37)33(26)13-11-25(29(33)39)31(5,6)40/h15-16,20-23,25-30,38-40H,1,7-14H2,2-6H3. The summed E-state index contributed by atoms with van der Waals surface area (Å²) in [6.07, 6.45) is 5.55. The number of esters is 2. The van der Waals surface area contributed by atoms with Crippen molar-refractivity contribution in [1.29, 1.82) is 0 Å². The van der Waals surface area contributed by atoms with Gasteiger partial charge in [0.2, 0.25) is 0 Å². The molecule has 0 heterocycles. The molecular weight excluding hydrogens is 536 g/mol. The molecule has 5 fully saturated rings. The number of aldehydes is 1. The Labute approximate surface area is 248 Å². The van der Waals surface area contributed by atoms with Crippen LogP contribution in [0.3, 0.4) is 0 Å². The Kier molecular flexibility index (Phi) is 6.96.